The second-order valence-electron chi connectivity index (χ2n) is 12.8. The molecule has 1 aliphatic heterocycles. The van der Waals surface area contributed by atoms with Crippen LogP contribution in [0.2, 0.25) is 5.02 Å². The molecule has 262 valence electrons. The quantitative estimate of drug-likeness (QED) is 0.0481. The number of likely N-dealkylation sites (N-methyl/N-ethyl adjacent to an activating group) is 1. The number of likely N-dealkylation sites (tertiary alicyclic amines) is 1. The number of benzene rings is 3. The number of quaternary nitrogens is 2. The zero-order valence-corrected chi connectivity index (χ0v) is 28.4. The summed E-state index contributed by atoms with van der Waals surface area (Å²) in [4.78, 5) is 46.0. The normalized spacial score (nSPS) is 15.1. The van der Waals surface area contributed by atoms with Crippen molar-refractivity contribution in [2.45, 2.75) is 51.7 Å². The van der Waals surface area contributed by atoms with Crippen LogP contribution in [0.15, 0.2) is 72.8 Å². The molecule has 1 unspecified atom stereocenters. The minimum atomic E-state index is -0.956. The Labute approximate surface area is 290 Å². The SMILES string of the molecule is C[N+](CCOC(=O)OCOC(=O)CCC[N+]1(Cc2ccc([N+](=O)[O-])cc2)CCCCC1)(Cc1ccc(Cl)cc1)Cc1ccc([N+](=O)[O-])cc1. The highest BCUT2D eigenvalue weighted by Gasteiger charge is 2.30. The average molecular weight is 699 g/mol. The largest absolute Gasteiger partial charge is 0.511 e. The number of halogens is 1. The predicted molar refractivity (Wildman–Crippen MR) is 181 cm³/mol. The standard InChI is InChI=1S/C35H43ClN4O9/c1-39(24-28-7-13-31(36)14-8-28,25-29-9-15-32(16-10-29)37(43)44)22-23-47-35(42)49-27-48-34(41)6-5-21-40(19-3-2-4-20-40)26-30-11-17-33(18-12-30)38(45)46/h7-18H,2-6,19-27H2,1H3/q+2. The van der Waals surface area contributed by atoms with Gasteiger partial charge in [0.15, 0.2) is 0 Å². The van der Waals surface area contributed by atoms with E-state index in [4.69, 9.17) is 25.8 Å². The van der Waals surface area contributed by atoms with Gasteiger partial charge in [-0.05, 0) is 55.7 Å². The van der Waals surface area contributed by atoms with Gasteiger partial charge in [0.05, 0.1) is 42.9 Å². The van der Waals surface area contributed by atoms with E-state index in [0.29, 0.717) is 35.6 Å². The van der Waals surface area contributed by atoms with E-state index in [-0.39, 0.29) is 24.4 Å². The molecule has 0 bridgehead atoms. The van der Waals surface area contributed by atoms with Crippen LogP contribution in [-0.2, 0) is 38.6 Å². The van der Waals surface area contributed by atoms with E-state index in [1.54, 1.807) is 36.4 Å². The lowest BCUT2D eigenvalue weighted by Crippen LogP contribution is -2.51. The molecule has 4 rings (SSSR count). The Hall–Kier alpha value is -4.59. The maximum absolute atomic E-state index is 12.4. The topological polar surface area (TPSA) is 148 Å². The van der Waals surface area contributed by atoms with Gasteiger partial charge in [-0.3, -0.25) is 25.0 Å². The number of ether oxygens (including phenoxy) is 3. The summed E-state index contributed by atoms with van der Waals surface area (Å²) in [5.74, 6) is -0.478. The summed E-state index contributed by atoms with van der Waals surface area (Å²) >= 11 is 6.05. The minimum absolute atomic E-state index is 0.00872. The van der Waals surface area contributed by atoms with E-state index < -0.39 is 28.8 Å². The highest BCUT2D eigenvalue weighted by Crippen LogP contribution is 2.25. The Kier molecular flexibility index (Phi) is 13.5. The van der Waals surface area contributed by atoms with Crippen molar-refractivity contribution in [3.05, 3.63) is 115 Å². The minimum Gasteiger partial charge on any atom is -0.428 e. The fraction of sp³-hybridized carbons (Fsp3) is 0.429. The number of nitro benzene ring substituents is 2. The van der Waals surface area contributed by atoms with Crippen molar-refractivity contribution in [2.24, 2.45) is 0 Å². The number of non-ortho nitro benzene ring substituents is 2. The molecule has 1 heterocycles. The number of carbonyl (C=O) groups excluding carboxylic acids is 2. The van der Waals surface area contributed by atoms with Crippen LogP contribution in [0.3, 0.4) is 0 Å². The number of rotatable bonds is 17. The van der Waals surface area contributed by atoms with E-state index in [9.17, 15) is 29.8 Å². The van der Waals surface area contributed by atoms with Gasteiger partial charge in [-0.2, -0.15) is 0 Å². The Morgan fingerprint density at radius 2 is 1.31 bits per heavy atom. The number of carbonyl (C=O) groups is 2. The first-order valence-electron chi connectivity index (χ1n) is 16.3. The molecule has 14 heteroatoms. The first-order chi connectivity index (χ1) is 23.4. The molecule has 1 saturated heterocycles. The predicted octanol–water partition coefficient (Wildman–Crippen LogP) is 6.94. The van der Waals surface area contributed by atoms with Gasteiger partial charge in [0.1, 0.15) is 32.8 Å². The first-order valence-corrected chi connectivity index (χ1v) is 16.7. The number of hydrogen-bond donors (Lipinski definition) is 0. The maximum atomic E-state index is 12.4. The number of hydrogen-bond acceptors (Lipinski definition) is 9. The van der Waals surface area contributed by atoms with Crippen LogP contribution in [0, 0.1) is 20.2 Å². The lowest BCUT2D eigenvalue weighted by molar-refractivity contribution is -0.945. The monoisotopic (exact) mass is 698 g/mol. The van der Waals surface area contributed by atoms with Crippen molar-refractivity contribution >= 4 is 35.1 Å². The van der Waals surface area contributed by atoms with Gasteiger partial charge >= 0.3 is 12.1 Å². The summed E-state index contributed by atoms with van der Waals surface area (Å²) < 4.78 is 16.7. The first kappa shape index (κ1) is 37.2. The fourth-order valence-corrected chi connectivity index (χ4v) is 6.45. The zero-order chi connectivity index (χ0) is 35.3. The zero-order valence-electron chi connectivity index (χ0n) is 27.7. The van der Waals surface area contributed by atoms with Gasteiger partial charge in [-0.25, -0.2) is 4.79 Å². The van der Waals surface area contributed by atoms with Crippen LogP contribution >= 0.6 is 11.6 Å². The summed E-state index contributed by atoms with van der Waals surface area (Å²) in [5.41, 5.74) is 3.00. The van der Waals surface area contributed by atoms with Crippen LogP contribution in [0.4, 0.5) is 16.2 Å². The van der Waals surface area contributed by atoms with Crippen LogP contribution in [0.1, 0.15) is 48.8 Å². The van der Waals surface area contributed by atoms with Gasteiger partial charge in [0.2, 0.25) is 6.79 Å². The third-order valence-electron chi connectivity index (χ3n) is 8.88. The maximum Gasteiger partial charge on any atom is 0.511 e. The second kappa shape index (κ2) is 17.7. The summed E-state index contributed by atoms with van der Waals surface area (Å²) in [6.45, 7) is 4.45. The fourth-order valence-electron chi connectivity index (χ4n) is 6.33. The Morgan fingerprint density at radius 1 is 0.776 bits per heavy atom. The molecule has 1 atom stereocenters. The highest BCUT2D eigenvalue weighted by atomic mass is 35.5. The highest BCUT2D eigenvalue weighted by molar-refractivity contribution is 6.30. The Bertz CT molecular complexity index is 1560. The number of nitro groups is 2. The van der Waals surface area contributed by atoms with Gasteiger partial charge in [-0.15, -0.1) is 0 Å². The van der Waals surface area contributed by atoms with E-state index >= 15 is 0 Å². The summed E-state index contributed by atoms with van der Waals surface area (Å²) in [6, 6.07) is 20.5. The lowest BCUT2D eigenvalue weighted by atomic mass is 10.0. The molecule has 13 nitrogen and oxygen atoms in total. The van der Waals surface area contributed by atoms with Crippen molar-refractivity contribution < 1.29 is 42.6 Å². The van der Waals surface area contributed by atoms with Crippen molar-refractivity contribution in [3.63, 3.8) is 0 Å². The van der Waals surface area contributed by atoms with Crippen molar-refractivity contribution in [3.8, 4) is 0 Å². The van der Waals surface area contributed by atoms with Crippen LogP contribution in [-0.4, -0.2) is 77.6 Å². The van der Waals surface area contributed by atoms with Gasteiger partial charge < -0.3 is 23.2 Å². The molecule has 0 N–H and O–H groups in total. The second-order valence-corrected chi connectivity index (χ2v) is 13.3. The Balaban J connectivity index is 1.20. The van der Waals surface area contributed by atoms with E-state index in [1.807, 2.05) is 19.2 Å². The molecule has 0 radical (unpaired) electrons. The van der Waals surface area contributed by atoms with Crippen LogP contribution in [0.5, 0.6) is 0 Å². The third kappa shape index (κ3) is 12.1. The molecule has 3 aromatic carbocycles. The summed E-state index contributed by atoms with van der Waals surface area (Å²) in [7, 11) is 1.99. The third-order valence-corrected chi connectivity index (χ3v) is 9.13. The van der Waals surface area contributed by atoms with Crippen molar-refractivity contribution in [1.82, 2.24) is 0 Å². The molecule has 3 aromatic rings. The van der Waals surface area contributed by atoms with Gasteiger partial charge in [0, 0.05) is 52.4 Å². The molecule has 1 aliphatic rings. The smallest absolute Gasteiger partial charge is 0.428 e. The Morgan fingerprint density at radius 3 is 1.86 bits per heavy atom. The number of nitrogens with zero attached hydrogens (tertiary/aromatic N) is 4. The number of esters is 1. The molecule has 0 aliphatic carbocycles. The van der Waals surface area contributed by atoms with Gasteiger partial charge in [0.25, 0.3) is 11.4 Å². The van der Waals surface area contributed by atoms with Gasteiger partial charge in [-0.1, -0.05) is 23.7 Å². The van der Waals surface area contributed by atoms with Crippen molar-refractivity contribution in [1.29, 1.82) is 0 Å². The van der Waals surface area contributed by atoms with E-state index in [2.05, 4.69) is 0 Å². The molecule has 0 amide bonds. The average Bonchev–Trinajstić information content (AvgIpc) is 3.06. The molecule has 0 spiro atoms. The molecular weight excluding hydrogens is 656 g/mol. The summed E-state index contributed by atoms with van der Waals surface area (Å²) in [6.07, 6.45) is 3.14. The lowest BCUT2D eigenvalue weighted by Gasteiger charge is -2.41. The number of piperidine rings is 1. The van der Waals surface area contributed by atoms with Crippen LogP contribution < -0.4 is 0 Å². The molecular formula is C35H43ClN4O9+2. The summed E-state index contributed by atoms with van der Waals surface area (Å²) in [5, 5.41) is 22.7. The van der Waals surface area contributed by atoms with Crippen molar-refractivity contribution in [2.75, 3.05) is 46.6 Å². The van der Waals surface area contributed by atoms with E-state index in [1.165, 1.54) is 24.3 Å². The van der Waals surface area contributed by atoms with Crippen LogP contribution in [0.25, 0.3) is 0 Å². The van der Waals surface area contributed by atoms with E-state index in [0.717, 1.165) is 66.6 Å². The molecule has 0 saturated carbocycles. The molecule has 1 fully saturated rings. The molecule has 0 aromatic heterocycles. The molecule has 49 heavy (non-hydrogen) atoms.